The summed E-state index contributed by atoms with van der Waals surface area (Å²) in [7, 11) is 0. The molecule has 0 amide bonds. The SMILES string of the molecule is Cc1noc(COc2ccc3ccccc3c2CCN)n1. The minimum atomic E-state index is 0.261. The van der Waals surface area contributed by atoms with Gasteiger partial charge in [-0.15, -0.1) is 0 Å². The summed E-state index contributed by atoms with van der Waals surface area (Å²) in [5.74, 6) is 1.89. The summed E-state index contributed by atoms with van der Waals surface area (Å²) in [4.78, 5) is 4.14. The van der Waals surface area contributed by atoms with Crippen LogP contribution in [0.5, 0.6) is 5.75 Å². The number of fused-ring (bicyclic) bond motifs is 1. The van der Waals surface area contributed by atoms with Gasteiger partial charge in [-0.25, -0.2) is 0 Å². The van der Waals surface area contributed by atoms with Gasteiger partial charge in [0.15, 0.2) is 12.4 Å². The molecule has 0 spiro atoms. The molecule has 0 aliphatic rings. The van der Waals surface area contributed by atoms with E-state index in [1.165, 1.54) is 10.8 Å². The van der Waals surface area contributed by atoms with Crippen LogP contribution in [0, 0.1) is 6.92 Å². The number of aryl methyl sites for hydroxylation is 1. The van der Waals surface area contributed by atoms with Gasteiger partial charge in [-0.2, -0.15) is 4.98 Å². The highest BCUT2D eigenvalue weighted by Gasteiger charge is 2.10. The molecule has 21 heavy (non-hydrogen) atoms. The summed E-state index contributed by atoms with van der Waals surface area (Å²) in [5.41, 5.74) is 6.85. The van der Waals surface area contributed by atoms with E-state index in [0.717, 1.165) is 17.7 Å². The van der Waals surface area contributed by atoms with E-state index in [0.29, 0.717) is 18.3 Å². The summed E-state index contributed by atoms with van der Waals surface area (Å²) in [5, 5.41) is 6.10. The van der Waals surface area contributed by atoms with Crippen LogP contribution in [0.25, 0.3) is 10.8 Å². The van der Waals surface area contributed by atoms with Gasteiger partial charge in [-0.05, 0) is 36.7 Å². The fourth-order valence-corrected chi connectivity index (χ4v) is 2.39. The van der Waals surface area contributed by atoms with Crippen LogP contribution in [0.1, 0.15) is 17.3 Å². The van der Waals surface area contributed by atoms with Gasteiger partial charge in [0, 0.05) is 5.56 Å². The van der Waals surface area contributed by atoms with Crippen molar-refractivity contribution < 1.29 is 9.26 Å². The van der Waals surface area contributed by atoms with Crippen molar-refractivity contribution in [3.63, 3.8) is 0 Å². The zero-order valence-electron chi connectivity index (χ0n) is 11.9. The Morgan fingerprint density at radius 1 is 1.19 bits per heavy atom. The molecule has 0 aliphatic carbocycles. The molecule has 1 aromatic heterocycles. The van der Waals surface area contributed by atoms with E-state index in [9.17, 15) is 0 Å². The standard InChI is InChI=1S/C16H17N3O2/c1-11-18-16(21-19-11)10-20-15-7-6-12-4-2-3-5-13(12)14(15)8-9-17/h2-7H,8-10,17H2,1H3. The van der Waals surface area contributed by atoms with Gasteiger partial charge in [0.25, 0.3) is 5.89 Å². The molecule has 3 rings (SSSR count). The maximum atomic E-state index is 5.85. The number of hydrogen-bond acceptors (Lipinski definition) is 5. The maximum Gasteiger partial charge on any atom is 0.264 e. The molecule has 1 heterocycles. The zero-order valence-corrected chi connectivity index (χ0v) is 11.9. The van der Waals surface area contributed by atoms with Gasteiger partial charge in [0.2, 0.25) is 0 Å². The summed E-state index contributed by atoms with van der Waals surface area (Å²) in [6.07, 6.45) is 0.763. The lowest BCUT2D eigenvalue weighted by Crippen LogP contribution is -2.06. The quantitative estimate of drug-likeness (QED) is 0.779. The molecule has 0 saturated heterocycles. The van der Waals surface area contributed by atoms with Crippen molar-refractivity contribution in [2.75, 3.05) is 6.54 Å². The fourth-order valence-electron chi connectivity index (χ4n) is 2.39. The van der Waals surface area contributed by atoms with Gasteiger partial charge < -0.3 is 15.0 Å². The van der Waals surface area contributed by atoms with Crippen LogP contribution in [-0.4, -0.2) is 16.7 Å². The van der Waals surface area contributed by atoms with Gasteiger partial charge in [-0.3, -0.25) is 0 Å². The lowest BCUT2D eigenvalue weighted by molar-refractivity contribution is 0.241. The molecule has 5 nitrogen and oxygen atoms in total. The second kappa shape index (κ2) is 5.93. The van der Waals surface area contributed by atoms with Crippen molar-refractivity contribution in [1.82, 2.24) is 10.1 Å². The number of nitrogens with zero attached hydrogens (tertiary/aromatic N) is 2. The maximum absolute atomic E-state index is 5.85. The first kappa shape index (κ1) is 13.6. The van der Waals surface area contributed by atoms with Crippen LogP contribution < -0.4 is 10.5 Å². The first-order valence-corrected chi connectivity index (χ1v) is 6.90. The van der Waals surface area contributed by atoms with E-state index in [2.05, 4.69) is 22.3 Å². The molecular formula is C16H17N3O2. The molecule has 0 atom stereocenters. The van der Waals surface area contributed by atoms with Crippen molar-refractivity contribution in [3.05, 3.63) is 53.7 Å². The van der Waals surface area contributed by atoms with Crippen LogP contribution >= 0.6 is 0 Å². The van der Waals surface area contributed by atoms with Gasteiger partial charge >= 0.3 is 0 Å². The number of ether oxygens (including phenoxy) is 1. The van der Waals surface area contributed by atoms with Crippen LogP contribution in [0.2, 0.25) is 0 Å². The van der Waals surface area contributed by atoms with Crippen LogP contribution in [0.15, 0.2) is 40.9 Å². The topological polar surface area (TPSA) is 74.2 Å². The van der Waals surface area contributed by atoms with Crippen molar-refractivity contribution in [2.45, 2.75) is 20.0 Å². The smallest absolute Gasteiger partial charge is 0.264 e. The molecule has 2 aromatic carbocycles. The van der Waals surface area contributed by atoms with E-state index in [1.54, 1.807) is 6.92 Å². The third-order valence-electron chi connectivity index (χ3n) is 3.31. The van der Waals surface area contributed by atoms with Crippen LogP contribution in [-0.2, 0) is 13.0 Å². The average molecular weight is 283 g/mol. The Balaban J connectivity index is 1.91. The van der Waals surface area contributed by atoms with Gasteiger partial charge in [0.1, 0.15) is 5.75 Å². The van der Waals surface area contributed by atoms with Crippen molar-refractivity contribution in [1.29, 1.82) is 0 Å². The highest BCUT2D eigenvalue weighted by atomic mass is 16.5. The van der Waals surface area contributed by atoms with Crippen molar-refractivity contribution in [3.8, 4) is 5.75 Å². The van der Waals surface area contributed by atoms with E-state index >= 15 is 0 Å². The molecule has 0 aliphatic heterocycles. The Hall–Kier alpha value is -2.40. The molecule has 0 radical (unpaired) electrons. The molecule has 0 bridgehead atoms. The Bertz CT molecular complexity index is 752. The summed E-state index contributed by atoms with van der Waals surface area (Å²) >= 11 is 0. The van der Waals surface area contributed by atoms with E-state index in [4.69, 9.17) is 15.0 Å². The molecule has 0 fully saturated rings. The van der Waals surface area contributed by atoms with E-state index < -0.39 is 0 Å². The Labute approximate surface area is 122 Å². The number of aromatic nitrogens is 2. The number of nitrogens with two attached hydrogens (primary N) is 1. The molecule has 5 heteroatoms. The number of rotatable bonds is 5. The number of hydrogen-bond donors (Lipinski definition) is 1. The Kier molecular flexibility index (Phi) is 3.83. The predicted octanol–water partition coefficient (Wildman–Crippen LogP) is 2.61. The summed E-state index contributed by atoms with van der Waals surface area (Å²) in [6.45, 7) is 2.61. The van der Waals surface area contributed by atoms with E-state index in [-0.39, 0.29) is 6.61 Å². The summed E-state index contributed by atoms with van der Waals surface area (Å²) in [6, 6.07) is 12.2. The first-order valence-electron chi connectivity index (χ1n) is 6.90. The predicted molar refractivity (Wildman–Crippen MR) is 80.1 cm³/mol. The normalized spacial score (nSPS) is 11.0. The van der Waals surface area contributed by atoms with E-state index in [1.807, 2.05) is 24.3 Å². The minimum Gasteiger partial charge on any atom is -0.483 e. The zero-order chi connectivity index (χ0) is 14.7. The lowest BCUT2D eigenvalue weighted by atomic mass is 10.0. The molecule has 108 valence electrons. The van der Waals surface area contributed by atoms with Gasteiger partial charge in [-0.1, -0.05) is 35.5 Å². The minimum absolute atomic E-state index is 0.261. The Morgan fingerprint density at radius 2 is 2.05 bits per heavy atom. The largest absolute Gasteiger partial charge is 0.483 e. The third kappa shape index (κ3) is 2.87. The van der Waals surface area contributed by atoms with Gasteiger partial charge in [0.05, 0.1) is 0 Å². The molecule has 0 unspecified atom stereocenters. The molecule has 0 saturated carbocycles. The van der Waals surface area contributed by atoms with Crippen LogP contribution in [0.4, 0.5) is 0 Å². The molecular weight excluding hydrogens is 266 g/mol. The Morgan fingerprint density at radius 3 is 2.81 bits per heavy atom. The monoisotopic (exact) mass is 283 g/mol. The second-order valence-electron chi connectivity index (χ2n) is 4.83. The van der Waals surface area contributed by atoms with Crippen molar-refractivity contribution in [2.24, 2.45) is 5.73 Å². The van der Waals surface area contributed by atoms with Crippen LogP contribution in [0.3, 0.4) is 0 Å². The second-order valence-corrected chi connectivity index (χ2v) is 4.83. The molecule has 3 aromatic rings. The highest BCUT2D eigenvalue weighted by molar-refractivity contribution is 5.87. The first-order chi connectivity index (χ1) is 10.3. The number of benzene rings is 2. The average Bonchev–Trinajstić information content (AvgIpc) is 2.92. The molecule has 2 N–H and O–H groups in total. The highest BCUT2D eigenvalue weighted by Crippen LogP contribution is 2.28. The fraction of sp³-hybridized carbons (Fsp3) is 0.250. The lowest BCUT2D eigenvalue weighted by Gasteiger charge is -2.12. The van der Waals surface area contributed by atoms with Crippen molar-refractivity contribution >= 4 is 10.8 Å². The third-order valence-corrected chi connectivity index (χ3v) is 3.31. The summed E-state index contributed by atoms with van der Waals surface area (Å²) < 4.78 is 10.9.